The third kappa shape index (κ3) is 4.04. The maximum Gasteiger partial charge on any atom is 0.338 e. The number of halogens is 1. The fourth-order valence-electron chi connectivity index (χ4n) is 2.84. The number of rotatable bonds is 6. The van der Waals surface area contributed by atoms with Gasteiger partial charge in [0.1, 0.15) is 16.7 Å². The van der Waals surface area contributed by atoms with Crippen LogP contribution in [0.3, 0.4) is 0 Å². The second-order valence-electron chi connectivity index (χ2n) is 6.20. The average Bonchev–Trinajstić information content (AvgIpc) is 3.25. The van der Waals surface area contributed by atoms with Gasteiger partial charge in [0.25, 0.3) is 5.89 Å². The van der Waals surface area contributed by atoms with Crippen molar-refractivity contribution in [3.63, 3.8) is 0 Å². The van der Waals surface area contributed by atoms with Crippen molar-refractivity contribution in [2.75, 3.05) is 14.2 Å². The number of carbonyl (C=O) groups excluding carboxylic acids is 1. The molecule has 0 saturated heterocycles. The number of hydrogen-bond donors (Lipinski definition) is 0. The second kappa shape index (κ2) is 8.38. The Kier molecular flexibility index (Phi) is 5.49. The first-order valence-corrected chi connectivity index (χ1v) is 9.23. The summed E-state index contributed by atoms with van der Waals surface area (Å²) in [5, 5.41) is 5.10. The topological polar surface area (TPSA) is 96.6 Å². The predicted octanol–water partition coefficient (Wildman–Crippen LogP) is 4.31. The Morgan fingerprint density at radius 2 is 1.90 bits per heavy atom. The molecule has 0 amide bonds. The summed E-state index contributed by atoms with van der Waals surface area (Å²) in [5.41, 5.74) is 1.69. The zero-order valence-corrected chi connectivity index (χ0v) is 16.8. The summed E-state index contributed by atoms with van der Waals surface area (Å²) in [4.78, 5) is 20.8. The molecule has 152 valence electrons. The van der Waals surface area contributed by atoms with Crippen molar-refractivity contribution in [3.8, 4) is 22.9 Å². The second-order valence-corrected chi connectivity index (χ2v) is 6.58. The highest BCUT2D eigenvalue weighted by molar-refractivity contribution is 6.29. The van der Waals surface area contributed by atoms with Crippen LogP contribution in [0.25, 0.3) is 22.3 Å². The third-order valence-electron chi connectivity index (χ3n) is 4.34. The van der Waals surface area contributed by atoms with Crippen molar-refractivity contribution in [2.24, 2.45) is 0 Å². The van der Waals surface area contributed by atoms with Crippen LogP contribution in [0.15, 0.2) is 53.1 Å². The summed E-state index contributed by atoms with van der Waals surface area (Å²) < 4.78 is 21.0. The average molecular weight is 426 g/mol. The van der Waals surface area contributed by atoms with Crippen LogP contribution in [0.4, 0.5) is 0 Å². The van der Waals surface area contributed by atoms with Gasteiger partial charge in [-0.05, 0) is 42.5 Å². The highest BCUT2D eigenvalue weighted by Gasteiger charge is 2.16. The van der Waals surface area contributed by atoms with E-state index >= 15 is 0 Å². The smallest absolute Gasteiger partial charge is 0.338 e. The number of carbonyl (C=O) groups is 1. The van der Waals surface area contributed by atoms with Crippen molar-refractivity contribution in [2.45, 2.75) is 6.61 Å². The molecule has 0 aliphatic carbocycles. The number of methoxy groups -OCH3 is 2. The minimum atomic E-state index is -0.520. The third-order valence-corrected chi connectivity index (χ3v) is 4.55. The van der Waals surface area contributed by atoms with Gasteiger partial charge in [0.2, 0.25) is 5.82 Å². The minimum absolute atomic E-state index is 0.158. The number of esters is 1. The van der Waals surface area contributed by atoms with Crippen LogP contribution in [0.5, 0.6) is 11.5 Å². The lowest BCUT2D eigenvalue weighted by Crippen LogP contribution is -2.05. The van der Waals surface area contributed by atoms with E-state index in [0.29, 0.717) is 39.1 Å². The highest BCUT2D eigenvalue weighted by Crippen LogP contribution is 2.31. The molecule has 0 N–H and O–H groups in total. The minimum Gasteiger partial charge on any atom is -0.497 e. The molecule has 0 aliphatic rings. The monoisotopic (exact) mass is 425 g/mol. The summed E-state index contributed by atoms with van der Waals surface area (Å²) in [5.74, 6) is 1.12. The van der Waals surface area contributed by atoms with Crippen molar-refractivity contribution >= 4 is 28.5 Å². The lowest BCUT2D eigenvalue weighted by molar-refractivity contribution is 0.0430. The molecule has 0 bridgehead atoms. The first-order valence-electron chi connectivity index (χ1n) is 8.86. The molecule has 30 heavy (non-hydrogen) atoms. The maximum atomic E-state index is 12.4. The molecule has 8 nitrogen and oxygen atoms in total. The largest absolute Gasteiger partial charge is 0.497 e. The Hall–Kier alpha value is -3.65. The molecule has 4 aromatic rings. The maximum absolute atomic E-state index is 12.4. The van der Waals surface area contributed by atoms with Crippen molar-refractivity contribution in [1.29, 1.82) is 0 Å². The number of ether oxygens (including phenoxy) is 3. The number of nitrogens with zero attached hydrogens (tertiary/aromatic N) is 3. The van der Waals surface area contributed by atoms with E-state index in [9.17, 15) is 4.79 Å². The van der Waals surface area contributed by atoms with Crippen LogP contribution in [0.2, 0.25) is 5.15 Å². The summed E-state index contributed by atoms with van der Waals surface area (Å²) in [7, 11) is 3.10. The molecular weight excluding hydrogens is 410 g/mol. The molecule has 0 spiro atoms. The molecule has 2 heterocycles. The summed E-state index contributed by atoms with van der Waals surface area (Å²) >= 11 is 5.88. The number of benzene rings is 2. The fourth-order valence-corrected chi connectivity index (χ4v) is 3.00. The van der Waals surface area contributed by atoms with E-state index in [-0.39, 0.29) is 12.5 Å². The van der Waals surface area contributed by atoms with E-state index in [4.69, 9.17) is 30.3 Å². The lowest BCUT2D eigenvalue weighted by Gasteiger charge is -2.07. The van der Waals surface area contributed by atoms with E-state index in [1.807, 2.05) is 0 Å². The van der Waals surface area contributed by atoms with Gasteiger partial charge in [-0.25, -0.2) is 9.78 Å². The molecule has 0 unspecified atom stereocenters. The van der Waals surface area contributed by atoms with Gasteiger partial charge >= 0.3 is 5.97 Å². The number of hydrogen-bond acceptors (Lipinski definition) is 8. The predicted molar refractivity (Wildman–Crippen MR) is 109 cm³/mol. The Labute approximate surface area is 176 Å². The van der Waals surface area contributed by atoms with Crippen LogP contribution in [0, 0.1) is 0 Å². The molecule has 2 aromatic heterocycles. The SMILES string of the molecule is COc1ccc(-c2noc(COC(=O)c3ccc4nc(Cl)ccc4c3)n2)c(OC)c1. The van der Waals surface area contributed by atoms with E-state index in [2.05, 4.69) is 15.1 Å². The molecule has 4 rings (SSSR count). The first-order chi connectivity index (χ1) is 14.6. The summed E-state index contributed by atoms with van der Waals surface area (Å²) in [6.45, 7) is -0.165. The number of pyridine rings is 1. The van der Waals surface area contributed by atoms with Crippen LogP contribution in [-0.4, -0.2) is 35.3 Å². The van der Waals surface area contributed by atoms with Crippen molar-refractivity contribution < 1.29 is 23.5 Å². The summed E-state index contributed by atoms with van der Waals surface area (Å²) in [6.07, 6.45) is 0. The van der Waals surface area contributed by atoms with Gasteiger partial charge < -0.3 is 18.7 Å². The van der Waals surface area contributed by atoms with Gasteiger partial charge in [0.05, 0.1) is 30.9 Å². The standard InChI is InChI=1S/C21H16ClN3O5/c1-27-14-5-6-15(17(10-14)28-2)20-24-19(30-25-20)11-29-21(26)13-3-7-16-12(9-13)4-8-18(22)23-16/h3-10H,11H2,1-2H3. The zero-order chi connectivity index (χ0) is 21.1. The van der Waals surface area contributed by atoms with Gasteiger partial charge in [0.15, 0.2) is 6.61 Å². The Morgan fingerprint density at radius 1 is 1.03 bits per heavy atom. The molecule has 0 fully saturated rings. The normalized spacial score (nSPS) is 10.8. The molecule has 0 saturated carbocycles. The van der Waals surface area contributed by atoms with Gasteiger partial charge in [-0.15, -0.1) is 0 Å². The van der Waals surface area contributed by atoms with Crippen molar-refractivity contribution in [1.82, 2.24) is 15.1 Å². The molecule has 9 heteroatoms. The number of aromatic nitrogens is 3. The summed E-state index contributed by atoms with van der Waals surface area (Å²) in [6, 6.07) is 13.7. The molecule has 0 aliphatic heterocycles. The Bertz CT molecular complexity index is 1220. The lowest BCUT2D eigenvalue weighted by atomic mass is 10.1. The number of fused-ring (bicyclic) bond motifs is 1. The molecular formula is C21H16ClN3O5. The van der Waals surface area contributed by atoms with E-state index in [0.717, 1.165) is 5.39 Å². The van der Waals surface area contributed by atoms with E-state index in [1.54, 1.807) is 55.6 Å². The van der Waals surface area contributed by atoms with Crippen LogP contribution in [0.1, 0.15) is 16.2 Å². The van der Waals surface area contributed by atoms with Gasteiger partial charge in [0, 0.05) is 11.5 Å². The van der Waals surface area contributed by atoms with E-state index in [1.165, 1.54) is 7.11 Å². The molecule has 2 aromatic carbocycles. The quantitative estimate of drug-likeness (QED) is 0.333. The van der Waals surface area contributed by atoms with Crippen molar-refractivity contribution in [3.05, 3.63) is 65.1 Å². The zero-order valence-electron chi connectivity index (χ0n) is 16.1. The molecule has 0 atom stereocenters. The van der Waals surface area contributed by atoms with Gasteiger partial charge in [-0.1, -0.05) is 16.8 Å². The van der Waals surface area contributed by atoms with Gasteiger partial charge in [-0.3, -0.25) is 0 Å². The van der Waals surface area contributed by atoms with Gasteiger partial charge in [-0.2, -0.15) is 4.98 Å². The fraction of sp³-hybridized carbons (Fsp3) is 0.143. The first kappa shape index (κ1) is 19.7. The van der Waals surface area contributed by atoms with E-state index < -0.39 is 5.97 Å². The van der Waals surface area contributed by atoms with Crippen LogP contribution in [-0.2, 0) is 11.3 Å². The Balaban J connectivity index is 1.47. The van der Waals surface area contributed by atoms with Crippen LogP contribution >= 0.6 is 11.6 Å². The Morgan fingerprint density at radius 3 is 2.70 bits per heavy atom. The highest BCUT2D eigenvalue weighted by atomic mass is 35.5. The van der Waals surface area contributed by atoms with Crippen LogP contribution < -0.4 is 9.47 Å². The molecule has 0 radical (unpaired) electrons.